The van der Waals surface area contributed by atoms with Crippen LogP contribution in [0.1, 0.15) is 45.4 Å². The fourth-order valence-electron chi connectivity index (χ4n) is 2.30. The number of aliphatic carboxylic acids is 1. The Bertz CT molecular complexity index is 208. The largest absolute Gasteiger partial charge is 0.481 e. The van der Waals surface area contributed by atoms with E-state index < -0.39 is 5.97 Å². The molecule has 0 aromatic carbocycles. The van der Waals surface area contributed by atoms with Crippen LogP contribution in [0.25, 0.3) is 0 Å². The minimum absolute atomic E-state index is 0.147. The first-order valence-electron chi connectivity index (χ1n) is 5.61. The number of allylic oxidation sites excluding steroid dienone is 2. The molecule has 0 bridgehead atoms. The van der Waals surface area contributed by atoms with Gasteiger partial charge in [0.05, 0.1) is 5.92 Å². The maximum absolute atomic E-state index is 11.1. The van der Waals surface area contributed by atoms with E-state index >= 15 is 0 Å². The summed E-state index contributed by atoms with van der Waals surface area (Å²) < 4.78 is 0. The van der Waals surface area contributed by atoms with Crippen molar-refractivity contribution in [3.05, 3.63) is 12.2 Å². The Balaban J connectivity index is 2.65. The minimum atomic E-state index is -0.616. The van der Waals surface area contributed by atoms with E-state index in [4.69, 9.17) is 5.11 Å². The predicted molar refractivity (Wildman–Crippen MR) is 57.1 cm³/mol. The van der Waals surface area contributed by atoms with Crippen molar-refractivity contribution in [2.45, 2.75) is 45.4 Å². The highest BCUT2D eigenvalue weighted by atomic mass is 16.4. The molecule has 0 spiro atoms. The highest BCUT2D eigenvalue weighted by molar-refractivity contribution is 5.70. The van der Waals surface area contributed by atoms with Crippen LogP contribution >= 0.6 is 0 Å². The SMILES string of the molecule is CC=CC1CCCCCCC1C(=O)O. The fraction of sp³-hybridized carbons (Fsp3) is 0.750. The molecule has 14 heavy (non-hydrogen) atoms. The highest BCUT2D eigenvalue weighted by Crippen LogP contribution is 2.29. The van der Waals surface area contributed by atoms with Crippen molar-refractivity contribution in [2.24, 2.45) is 11.8 Å². The third kappa shape index (κ3) is 3.17. The Hall–Kier alpha value is -0.790. The van der Waals surface area contributed by atoms with E-state index in [-0.39, 0.29) is 11.8 Å². The first-order valence-corrected chi connectivity index (χ1v) is 5.61. The first kappa shape index (κ1) is 11.3. The zero-order valence-electron chi connectivity index (χ0n) is 8.91. The lowest BCUT2D eigenvalue weighted by molar-refractivity contribution is -0.143. The quantitative estimate of drug-likeness (QED) is 0.688. The molecule has 0 aromatic heterocycles. The zero-order chi connectivity index (χ0) is 10.4. The molecule has 1 N–H and O–H groups in total. The summed E-state index contributed by atoms with van der Waals surface area (Å²) in [6.45, 7) is 1.97. The Morgan fingerprint density at radius 1 is 1.21 bits per heavy atom. The molecule has 0 aliphatic heterocycles. The van der Waals surface area contributed by atoms with Gasteiger partial charge in [-0.25, -0.2) is 0 Å². The van der Waals surface area contributed by atoms with Gasteiger partial charge >= 0.3 is 5.97 Å². The second kappa shape index (κ2) is 5.84. The van der Waals surface area contributed by atoms with Crippen LogP contribution in [0.2, 0.25) is 0 Å². The van der Waals surface area contributed by atoms with Crippen LogP contribution in [0.15, 0.2) is 12.2 Å². The summed E-state index contributed by atoms with van der Waals surface area (Å²) >= 11 is 0. The van der Waals surface area contributed by atoms with E-state index in [2.05, 4.69) is 6.08 Å². The van der Waals surface area contributed by atoms with Crippen LogP contribution in [0.3, 0.4) is 0 Å². The Morgan fingerprint density at radius 2 is 1.86 bits per heavy atom. The number of rotatable bonds is 2. The van der Waals surface area contributed by atoms with Gasteiger partial charge in [-0.15, -0.1) is 0 Å². The summed E-state index contributed by atoms with van der Waals surface area (Å²) in [5.41, 5.74) is 0. The summed E-state index contributed by atoms with van der Waals surface area (Å²) in [7, 11) is 0. The number of carboxylic acid groups (broad SMARTS) is 1. The van der Waals surface area contributed by atoms with Gasteiger partial charge in [0.2, 0.25) is 0 Å². The van der Waals surface area contributed by atoms with Gasteiger partial charge in [-0.1, -0.05) is 37.8 Å². The van der Waals surface area contributed by atoms with E-state index in [1.807, 2.05) is 13.0 Å². The minimum Gasteiger partial charge on any atom is -0.481 e. The second-order valence-electron chi connectivity index (χ2n) is 4.13. The van der Waals surface area contributed by atoms with Gasteiger partial charge in [0, 0.05) is 0 Å². The van der Waals surface area contributed by atoms with Gasteiger partial charge in [0.1, 0.15) is 0 Å². The molecule has 2 heteroatoms. The molecule has 1 fully saturated rings. The van der Waals surface area contributed by atoms with Crippen molar-refractivity contribution in [1.82, 2.24) is 0 Å². The first-order chi connectivity index (χ1) is 6.75. The van der Waals surface area contributed by atoms with Crippen molar-refractivity contribution < 1.29 is 9.90 Å². The third-order valence-corrected chi connectivity index (χ3v) is 3.08. The zero-order valence-corrected chi connectivity index (χ0v) is 8.91. The Kier molecular flexibility index (Phi) is 4.71. The molecule has 80 valence electrons. The summed E-state index contributed by atoms with van der Waals surface area (Å²) in [5.74, 6) is -0.501. The lowest BCUT2D eigenvalue weighted by Crippen LogP contribution is -2.23. The Morgan fingerprint density at radius 3 is 2.43 bits per heavy atom. The average molecular weight is 196 g/mol. The molecule has 0 amide bonds. The summed E-state index contributed by atoms with van der Waals surface area (Å²) in [6.07, 6.45) is 10.7. The molecule has 0 aromatic rings. The fourth-order valence-corrected chi connectivity index (χ4v) is 2.30. The molecule has 0 heterocycles. The monoisotopic (exact) mass is 196 g/mol. The standard InChI is InChI=1S/C12H20O2/c1-2-7-10-8-5-3-4-6-9-11(10)12(13)14/h2,7,10-11H,3-6,8-9H2,1H3,(H,13,14). The molecule has 1 aliphatic carbocycles. The summed E-state index contributed by atoms with van der Waals surface area (Å²) in [6, 6.07) is 0. The third-order valence-electron chi connectivity index (χ3n) is 3.08. The predicted octanol–water partition coefficient (Wildman–Crippen LogP) is 3.23. The summed E-state index contributed by atoms with van der Waals surface area (Å²) in [4.78, 5) is 11.1. The molecule has 1 saturated carbocycles. The lowest BCUT2D eigenvalue weighted by Gasteiger charge is -2.23. The van der Waals surface area contributed by atoms with Crippen LogP contribution in [-0.2, 0) is 4.79 Å². The Labute approximate surface area is 86.0 Å². The van der Waals surface area contributed by atoms with E-state index in [0.29, 0.717) is 0 Å². The molecule has 0 saturated heterocycles. The van der Waals surface area contributed by atoms with Gasteiger partial charge in [-0.3, -0.25) is 4.79 Å². The van der Waals surface area contributed by atoms with Crippen LogP contribution in [0.4, 0.5) is 0 Å². The van der Waals surface area contributed by atoms with Crippen molar-refractivity contribution in [3.63, 3.8) is 0 Å². The van der Waals surface area contributed by atoms with E-state index in [0.717, 1.165) is 19.3 Å². The van der Waals surface area contributed by atoms with Gasteiger partial charge in [0.15, 0.2) is 0 Å². The molecule has 2 atom stereocenters. The number of hydrogen-bond donors (Lipinski definition) is 1. The number of carbonyl (C=O) groups is 1. The van der Waals surface area contributed by atoms with Gasteiger partial charge in [-0.2, -0.15) is 0 Å². The highest BCUT2D eigenvalue weighted by Gasteiger charge is 2.26. The van der Waals surface area contributed by atoms with Gasteiger partial charge in [0.25, 0.3) is 0 Å². The molecular formula is C12H20O2. The smallest absolute Gasteiger partial charge is 0.307 e. The van der Waals surface area contributed by atoms with Crippen LogP contribution in [0, 0.1) is 11.8 Å². The maximum atomic E-state index is 11.1. The topological polar surface area (TPSA) is 37.3 Å². The van der Waals surface area contributed by atoms with Crippen molar-refractivity contribution in [3.8, 4) is 0 Å². The van der Waals surface area contributed by atoms with Crippen LogP contribution in [-0.4, -0.2) is 11.1 Å². The average Bonchev–Trinajstić information content (AvgIpc) is 2.09. The van der Waals surface area contributed by atoms with Crippen molar-refractivity contribution in [2.75, 3.05) is 0 Å². The van der Waals surface area contributed by atoms with Crippen LogP contribution in [0.5, 0.6) is 0 Å². The normalized spacial score (nSPS) is 29.8. The molecule has 2 nitrogen and oxygen atoms in total. The second-order valence-corrected chi connectivity index (χ2v) is 4.13. The van der Waals surface area contributed by atoms with Crippen molar-refractivity contribution >= 4 is 5.97 Å². The van der Waals surface area contributed by atoms with Crippen molar-refractivity contribution in [1.29, 1.82) is 0 Å². The summed E-state index contributed by atoms with van der Waals surface area (Å²) in [5, 5.41) is 9.12. The molecule has 0 radical (unpaired) electrons. The molecule has 1 aliphatic rings. The van der Waals surface area contributed by atoms with E-state index in [1.54, 1.807) is 0 Å². The molecular weight excluding hydrogens is 176 g/mol. The van der Waals surface area contributed by atoms with E-state index in [1.165, 1.54) is 19.3 Å². The van der Waals surface area contributed by atoms with Gasteiger partial charge in [-0.05, 0) is 25.7 Å². The lowest BCUT2D eigenvalue weighted by atomic mass is 9.81. The van der Waals surface area contributed by atoms with Gasteiger partial charge < -0.3 is 5.11 Å². The molecule has 2 unspecified atom stereocenters. The van der Waals surface area contributed by atoms with Crippen LogP contribution < -0.4 is 0 Å². The maximum Gasteiger partial charge on any atom is 0.307 e. The number of hydrogen-bond acceptors (Lipinski definition) is 1. The number of carboxylic acids is 1. The van der Waals surface area contributed by atoms with E-state index in [9.17, 15) is 4.79 Å². The molecule has 1 rings (SSSR count).